The van der Waals surface area contributed by atoms with Gasteiger partial charge in [-0.3, -0.25) is 9.48 Å². The molecule has 4 rings (SSSR count). The van der Waals surface area contributed by atoms with Crippen LogP contribution in [0, 0.1) is 12.8 Å². The smallest absolute Gasteiger partial charge is 0.257 e. The highest BCUT2D eigenvalue weighted by Crippen LogP contribution is 2.34. The van der Waals surface area contributed by atoms with E-state index in [-0.39, 0.29) is 24.0 Å². The number of carbonyl (C=O) groups is 1. The molecule has 6 nitrogen and oxygen atoms in total. The Hall–Kier alpha value is -1.40. The summed E-state index contributed by atoms with van der Waals surface area (Å²) >= 11 is 0. The van der Waals surface area contributed by atoms with Gasteiger partial charge in [-0.2, -0.15) is 5.10 Å². The van der Waals surface area contributed by atoms with E-state index in [0.29, 0.717) is 31.4 Å². The van der Waals surface area contributed by atoms with Crippen LogP contribution in [0.25, 0.3) is 0 Å². The van der Waals surface area contributed by atoms with Crippen LogP contribution in [0.1, 0.15) is 67.0 Å². The van der Waals surface area contributed by atoms with Crippen molar-refractivity contribution in [2.24, 2.45) is 5.92 Å². The predicted molar refractivity (Wildman–Crippen MR) is 93.5 cm³/mol. The van der Waals surface area contributed by atoms with Crippen molar-refractivity contribution < 1.29 is 14.6 Å². The van der Waals surface area contributed by atoms with Gasteiger partial charge in [-0.1, -0.05) is 19.3 Å². The molecule has 3 atom stereocenters. The Labute approximate surface area is 149 Å². The van der Waals surface area contributed by atoms with E-state index in [2.05, 4.69) is 9.78 Å². The van der Waals surface area contributed by atoms with Crippen LogP contribution < -0.4 is 0 Å². The minimum Gasteiger partial charge on any atom is -0.393 e. The first-order chi connectivity index (χ1) is 12.2. The molecule has 1 amide bonds. The number of aromatic nitrogens is 2. The zero-order valence-corrected chi connectivity index (χ0v) is 15.1. The summed E-state index contributed by atoms with van der Waals surface area (Å²) < 4.78 is 7.71. The average molecular weight is 347 g/mol. The van der Waals surface area contributed by atoms with E-state index in [9.17, 15) is 9.90 Å². The second kappa shape index (κ2) is 7.08. The lowest BCUT2D eigenvalue weighted by atomic mass is 9.93. The highest BCUT2D eigenvalue weighted by molar-refractivity contribution is 5.95. The molecule has 3 aliphatic rings. The molecule has 2 aliphatic carbocycles. The molecular formula is C19H29N3O3. The van der Waals surface area contributed by atoms with Crippen molar-refractivity contribution in [1.82, 2.24) is 14.7 Å². The fourth-order valence-corrected chi connectivity index (χ4v) is 4.95. The van der Waals surface area contributed by atoms with Gasteiger partial charge in [-0.25, -0.2) is 0 Å². The Morgan fingerprint density at radius 1 is 1.24 bits per heavy atom. The summed E-state index contributed by atoms with van der Waals surface area (Å²) in [6, 6.07) is 0.423. The number of aliphatic hydroxyl groups is 1. The Bertz CT molecular complexity index is 623. The summed E-state index contributed by atoms with van der Waals surface area (Å²) in [4.78, 5) is 15.2. The lowest BCUT2D eigenvalue weighted by Gasteiger charge is -2.40. The third-order valence-corrected chi connectivity index (χ3v) is 6.40. The van der Waals surface area contributed by atoms with Crippen LogP contribution >= 0.6 is 0 Å². The Kier molecular flexibility index (Phi) is 4.82. The largest absolute Gasteiger partial charge is 0.393 e. The van der Waals surface area contributed by atoms with E-state index in [1.165, 1.54) is 12.8 Å². The summed E-state index contributed by atoms with van der Waals surface area (Å²) in [7, 11) is 0. The zero-order chi connectivity index (χ0) is 17.4. The van der Waals surface area contributed by atoms with Gasteiger partial charge in [0.1, 0.15) is 0 Å². The van der Waals surface area contributed by atoms with Crippen LogP contribution in [-0.4, -0.2) is 57.6 Å². The molecule has 0 radical (unpaired) electrons. The maximum atomic E-state index is 13.3. The monoisotopic (exact) mass is 347 g/mol. The summed E-state index contributed by atoms with van der Waals surface area (Å²) in [5.74, 6) is 0.184. The second-order valence-electron chi connectivity index (χ2n) is 7.83. The summed E-state index contributed by atoms with van der Waals surface area (Å²) in [6.45, 7) is 3.71. The zero-order valence-electron chi connectivity index (χ0n) is 15.1. The number of ether oxygens (including phenoxy) is 1. The number of morpholine rings is 1. The first kappa shape index (κ1) is 17.0. The molecule has 0 aromatic carbocycles. The summed E-state index contributed by atoms with van der Waals surface area (Å²) in [5.41, 5.74) is 1.69. The van der Waals surface area contributed by atoms with Gasteiger partial charge in [0.2, 0.25) is 0 Å². The predicted octanol–water partition coefficient (Wildman–Crippen LogP) is 2.31. The van der Waals surface area contributed by atoms with Gasteiger partial charge in [0.25, 0.3) is 5.91 Å². The highest BCUT2D eigenvalue weighted by Gasteiger charge is 2.40. The lowest BCUT2D eigenvalue weighted by Crippen LogP contribution is -2.53. The molecule has 1 aromatic rings. The molecule has 0 unspecified atom stereocenters. The molecular weight excluding hydrogens is 318 g/mol. The molecule has 25 heavy (non-hydrogen) atoms. The van der Waals surface area contributed by atoms with E-state index in [1.54, 1.807) is 6.20 Å². The topological polar surface area (TPSA) is 67.6 Å². The van der Waals surface area contributed by atoms with Gasteiger partial charge >= 0.3 is 0 Å². The normalized spacial score (nSPS) is 31.0. The molecule has 6 heteroatoms. The van der Waals surface area contributed by atoms with Crippen molar-refractivity contribution in [3.8, 4) is 0 Å². The fraction of sp³-hybridized carbons (Fsp3) is 0.789. The standard InChI is InChI=1S/C19H29N3O3/c1-13-16(11-20-22(13)14-5-2-3-6-14)19(24)21-9-10-25-12-17(21)15-7-4-8-18(15)23/h11,14-15,17-18,23H,2-10,12H2,1H3/t15-,17-,18-/m1/s1. The number of aliphatic hydroxyl groups excluding tert-OH is 1. The molecule has 1 aliphatic heterocycles. The molecule has 2 heterocycles. The number of carbonyl (C=O) groups excluding carboxylic acids is 1. The van der Waals surface area contributed by atoms with Crippen LogP contribution in [0.4, 0.5) is 0 Å². The quantitative estimate of drug-likeness (QED) is 0.911. The van der Waals surface area contributed by atoms with E-state index in [0.717, 1.165) is 37.8 Å². The molecule has 3 fully saturated rings. The van der Waals surface area contributed by atoms with Crippen molar-refractivity contribution in [1.29, 1.82) is 0 Å². The molecule has 1 N–H and O–H groups in total. The van der Waals surface area contributed by atoms with E-state index in [1.807, 2.05) is 11.8 Å². The van der Waals surface area contributed by atoms with Gasteiger partial charge in [-0.15, -0.1) is 0 Å². The highest BCUT2D eigenvalue weighted by atomic mass is 16.5. The minimum absolute atomic E-state index is 0.0204. The number of hydrogen-bond donors (Lipinski definition) is 1. The van der Waals surface area contributed by atoms with E-state index in [4.69, 9.17) is 4.74 Å². The third kappa shape index (κ3) is 3.10. The van der Waals surface area contributed by atoms with Crippen molar-refractivity contribution in [3.63, 3.8) is 0 Å². The number of rotatable bonds is 3. The molecule has 0 bridgehead atoms. The number of hydrogen-bond acceptors (Lipinski definition) is 4. The second-order valence-corrected chi connectivity index (χ2v) is 7.83. The third-order valence-electron chi connectivity index (χ3n) is 6.40. The molecule has 1 saturated heterocycles. The Morgan fingerprint density at radius 2 is 2.04 bits per heavy atom. The van der Waals surface area contributed by atoms with Gasteiger partial charge in [0.05, 0.1) is 43.2 Å². The minimum atomic E-state index is -0.315. The van der Waals surface area contributed by atoms with Crippen LogP contribution in [0.15, 0.2) is 6.20 Å². The van der Waals surface area contributed by atoms with E-state index < -0.39 is 0 Å². The lowest BCUT2D eigenvalue weighted by molar-refractivity contribution is -0.0383. The average Bonchev–Trinajstić information content (AvgIpc) is 3.35. The number of nitrogens with zero attached hydrogens (tertiary/aromatic N) is 3. The summed E-state index contributed by atoms with van der Waals surface area (Å²) in [6.07, 6.45) is 9.08. The molecule has 0 spiro atoms. The first-order valence-corrected chi connectivity index (χ1v) is 9.77. The van der Waals surface area contributed by atoms with E-state index >= 15 is 0 Å². The molecule has 2 saturated carbocycles. The van der Waals surface area contributed by atoms with Crippen LogP contribution in [0.2, 0.25) is 0 Å². The maximum Gasteiger partial charge on any atom is 0.257 e. The fourth-order valence-electron chi connectivity index (χ4n) is 4.95. The summed E-state index contributed by atoms with van der Waals surface area (Å²) in [5, 5.41) is 14.8. The first-order valence-electron chi connectivity index (χ1n) is 9.77. The van der Waals surface area contributed by atoms with Crippen molar-refractivity contribution >= 4 is 5.91 Å². The van der Waals surface area contributed by atoms with Crippen molar-refractivity contribution in [3.05, 3.63) is 17.5 Å². The molecule has 138 valence electrons. The van der Waals surface area contributed by atoms with Gasteiger partial charge < -0.3 is 14.7 Å². The van der Waals surface area contributed by atoms with Crippen molar-refractivity contribution in [2.75, 3.05) is 19.8 Å². The van der Waals surface area contributed by atoms with Crippen LogP contribution in [-0.2, 0) is 4.74 Å². The van der Waals surface area contributed by atoms with Gasteiger partial charge in [0, 0.05) is 18.2 Å². The van der Waals surface area contributed by atoms with Crippen LogP contribution in [0.3, 0.4) is 0 Å². The van der Waals surface area contributed by atoms with Gasteiger partial charge in [0.15, 0.2) is 0 Å². The Balaban J connectivity index is 1.56. The van der Waals surface area contributed by atoms with Crippen LogP contribution in [0.5, 0.6) is 0 Å². The Morgan fingerprint density at radius 3 is 2.76 bits per heavy atom. The van der Waals surface area contributed by atoms with Gasteiger partial charge in [-0.05, 0) is 32.6 Å². The maximum absolute atomic E-state index is 13.3. The number of amides is 1. The van der Waals surface area contributed by atoms with Crippen molar-refractivity contribution in [2.45, 2.75) is 70.1 Å². The SMILES string of the molecule is Cc1c(C(=O)N2CCOC[C@@H]2[C@H]2CCC[C@H]2O)cnn1C1CCCC1. The molecule has 1 aromatic heterocycles.